The number of halogens is 1. The summed E-state index contributed by atoms with van der Waals surface area (Å²) in [4.78, 5) is 4.10. The number of aromatic nitrogens is 1. The van der Waals surface area contributed by atoms with E-state index in [-0.39, 0.29) is 9.88 Å². The largest absolute Gasteiger partial charge is 0.388 e. The zero-order valence-corrected chi connectivity index (χ0v) is 14.2. The minimum Gasteiger partial charge on any atom is -0.388 e. The summed E-state index contributed by atoms with van der Waals surface area (Å²) in [5.74, 6) is 0. The number of benzene rings is 1. The van der Waals surface area contributed by atoms with Gasteiger partial charge >= 0.3 is 0 Å². The Bertz CT molecular complexity index is 790. The Morgan fingerprint density at radius 3 is 2.57 bits per heavy atom. The van der Waals surface area contributed by atoms with Crippen molar-refractivity contribution in [3.63, 3.8) is 0 Å². The van der Waals surface area contributed by atoms with Crippen molar-refractivity contribution in [3.8, 4) is 0 Å². The molecule has 0 aliphatic carbocycles. The van der Waals surface area contributed by atoms with Crippen LogP contribution in [0.25, 0.3) is 0 Å². The molecule has 0 bridgehead atoms. The first-order valence-corrected chi connectivity index (χ1v) is 8.53. The molecule has 5 nitrogen and oxygen atoms in total. The van der Waals surface area contributed by atoms with Crippen LogP contribution in [0.5, 0.6) is 0 Å². The number of aryl methyl sites for hydroxylation is 1. The normalized spacial score (nSPS) is 11.1. The molecule has 2 aromatic rings. The molecule has 3 N–H and O–H groups in total. The predicted octanol–water partition coefficient (Wildman–Crippen LogP) is 2.59. The Balaban J connectivity index is 2.31. The summed E-state index contributed by atoms with van der Waals surface area (Å²) in [6.45, 7) is 1.82. The van der Waals surface area contributed by atoms with Gasteiger partial charge in [0, 0.05) is 10.7 Å². The molecule has 0 amide bonds. The molecule has 0 aliphatic heterocycles. The number of hydrogen-bond donors (Lipinski definition) is 2. The fourth-order valence-corrected chi connectivity index (χ4v) is 3.30. The van der Waals surface area contributed by atoms with E-state index in [9.17, 15) is 8.42 Å². The summed E-state index contributed by atoms with van der Waals surface area (Å²) in [5, 5.41) is 0. The van der Waals surface area contributed by atoms with Gasteiger partial charge in [-0.25, -0.2) is 8.42 Å². The van der Waals surface area contributed by atoms with Crippen LogP contribution in [0.3, 0.4) is 0 Å². The van der Waals surface area contributed by atoms with Gasteiger partial charge in [-0.2, -0.15) is 0 Å². The summed E-state index contributed by atoms with van der Waals surface area (Å²) in [5.41, 5.74) is 7.13. The van der Waals surface area contributed by atoms with Gasteiger partial charge in [0.2, 0.25) is 0 Å². The van der Waals surface area contributed by atoms with Crippen LogP contribution in [0.2, 0.25) is 0 Å². The van der Waals surface area contributed by atoms with E-state index in [0.717, 1.165) is 10.0 Å². The van der Waals surface area contributed by atoms with Gasteiger partial charge in [-0.3, -0.25) is 9.71 Å². The Morgan fingerprint density at radius 2 is 2.05 bits per heavy atom. The van der Waals surface area contributed by atoms with Crippen LogP contribution >= 0.6 is 28.1 Å². The number of anilines is 1. The third-order valence-electron chi connectivity index (χ3n) is 2.73. The van der Waals surface area contributed by atoms with Gasteiger partial charge in [0.25, 0.3) is 10.0 Å². The van der Waals surface area contributed by atoms with Crippen molar-refractivity contribution in [3.05, 3.63) is 52.3 Å². The molecule has 1 heterocycles. The SMILES string of the molecule is Cc1cc(Br)ccc1NS(=O)(=O)c1ccc(C(N)=S)nc1. The molecule has 1 aromatic heterocycles. The number of nitrogens with one attached hydrogen (secondary N) is 1. The van der Waals surface area contributed by atoms with Gasteiger partial charge < -0.3 is 5.73 Å². The smallest absolute Gasteiger partial charge is 0.263 e. The van der Waals surface area contributed by atoms with Crippen molar-refractivity contribution < 1.29 is 8.42 Å². The topological polar surface area (TPSA) is 85.1 Å². The van der Waals surface area contributed by atoms with Gasteiger partial charge in [0.05, 0.1) is 11.4 Å². The summed E-state index contributed by atoms with van der Waals surface area (Å²) >= 11 is 8.11. The molecule has 2 rings (SSSR count). The van der Waals surface area contributed by atoms with Crippen LogP contribution in [0.1, 0.15) is 11.3 Å². The second-order valence-corrected chi connectivity index (χ2v) is 7.35. The molecule has 0 radical (unpaired) electrons. The highest BCUT2D eigenvalue weighted by Gasteiger charge is 2.16. The number of thiocarbonyl (C=S) groups is 1. The van der Waals surface area contributed by atoms with Crippen molar-refractivity contribution in [1.29, 1.82) is 0 Å². The lowest BCUT2D eigenvalue weighted by Gasteiger charge is -2.11. The van der Waals surface area contributed by atoms with Crippen LogP contribution < -0.4 is 10.5 Å². The van der Waals surface area contributed by atoms with Crippen LogP contribution in [-0.4, -0.2) is 18.4 Å². The maximum atomic E-state index is 12.3. The van der Waals surface area contributed by atoms with Gasteiger partial charge in [0.1, 0.15) is 9.88 Å². The average molecular weight is 386 g/mol. The molecular formula is C13H12BrN3O2S2. The second kappa shape index (κ2) is 6.08. The van der Waals surface area contributed by atoms with Crippen LogP contribution in [-0.2, 0) is 10.0 Å². The lowest BCUT2D eigenvalue weighted by atomic mass is 10.2. The van der Waals surface area contributed by atoms with Crippen LogP contribution in [0.4, 0.5) is 5.69 Å². The standard InChI is InChI=1S/C13H12BrN3O2S2/c1-8-6-9(14)2-4-11(8)17-21(18,19)10-3-5-12(13(15)20)16-7-10/h2-7,17H,1H3,(H2,15,20). The Morgan fingerprint density at radius 1 is 1.33 bits per heavy atom. The molecule has 1 aromatic carbocycles. The van der Waals surface area contributed by atoms with E-state index in [0.29, 0.717) is 11.4 Å². The zero-order valence-electron chi connectivity index (χ0n) is 11.0. The fraction of sp³-hybridized carbons (Fsp3) is 0.0769. The first-order valence-electron chi connectivity index (χ1n) is 5.84. The van der Waals surface area contributed by atoms with Gasteiger partial charge in [0.15, 0.2) is 0 Å². The molecule has 21 heavy (non-hydrogen) atoms. The first kappa shape index (κ1) is 15.9. The predicted molar refractivity (Wildman–Crippen MR) is 89.8 cm³/mol. The summed E-state index contributed by atoms with van der Waals surface area (Å²) in [6.07, 6.45) is 1.23. The van der Waals surface area contributed by atoms with Crippen molar-refractivity contribution in [2.75, 3.05) is 4.72 Å². The molecule has 0 atom stereocenters. The second-order valence-electron chi connectivity index (χ2n) is 4.31. The molecule has 0 spiro atoms. The summed E-state index contributed by atoms with van der Waals surface area (Å²) < 4.78 is 28.0. The number of rotatable bonds is 4. The van der Waals surface area contributed by atoms with E-state index in [4.69, 9.17) is 18.0 Å². The Hall–Kier alpha value is -1.51. The van der Waals surface area contributed by atoms with Crippen molar-refractivity contribution in [2.45, 2.75) is 11.8 Å². The third kappa shape index (κ3) is 3.78. The zero-order chi connectivity index (χ0) is 15.6. The van der Waals surface area contributed by atoms with E-state index in [1.807, 2.05) is 13.0 Å². The molecule has 8 heteroatoms. The molecule has 0 saturated heterocycles. The fourth-order valence-electron chi connectivity index (χ4n) is 1.63. The Kier molecular flexibility index (Phi) is 4.60. The maximum absolute atomic E-state index is 12.3. The van der Waals surface area contributed by atoms with Crippen LogP contribution in [0.15, 0.2) is 45.9 Å². The highest BCUT2D eigenvalue weighted by atomic mass is 79.9. The first-order chi connectivity index (χ1) is 9.79. The molecular weight excluding hydrogens is 374 g/mol. The molecule has 110 valence electrons. The van der Waals surface area contributed by atoms with Crippen LogP contribution in [0, 0.1) is 6.92 Å². The highest BCUT2D eigenvalue weighted by Crippen LogP contribution is 2.22. The summed E-state index contributed by atoms with van der Waals surface area (Å²) in [6, 6.07) is 8.17. The summed E-state index contributed by atoms with van der Waals surface area (Å²) in [7, 11) is -3.70. The van der Waals surface area contributed by atoms with E-state index in [1.165, 1.54) is 18.3 Å². The number of sulfonamides is 1. The van der Waals surface area contributed by atoms with Crippen molar-refractivity contribution >= 4 is 48.8 Å². The third-order valence-corrected chi connectivity index (χ3v) is 4.78. The highest BCUT2D eigenvalue weighted by molar-refractivity contribution is 9.10. The quantitative estimate of drug-likeness (QED) is 0.789. The number of pyridine rings is 1. The number of nitrogens with zero attached hydrogens (tertiary/aromatic N) is 1. The monoisotopic (exact) mass is 385 g/mol. The number of hydrogen-bond acceptors (Lipinski definition) is 4. The average Bonchev–Trinajstić information content (AvgIpc) is 2.42. The minimum absolute atomic E-state index is 0.0461. The van der Waals surface area contributed by atoms with E-state index < -0.39 is 10.0 Å². The van der Waals surface area contributed by atoms with Gasteiger partial charge in [-0.1, -0.05) is 28.1 Å². The van der Waals surface area contributed by atoms with Crippen molar-refractivity contribution in [1.82, 2.24) is 4.98 Å². The lowest BCUT2D eigenvalue weighted by molar-refractivity contribution is 0.600. The van der Waals surface area contributed by atoms with Gasteiger partial charge in [-0.15, -0.1) is 0 Å². The number of nitrogens with two attached hydrogens (primary N) is 1. The molecule has 0 saturated carbocycles. The van der Waals surface area contributed by atoms with E-state index in [1.54, 1.807) is 12.1 Å². The van der Waals surface area contributed by atoms with E-state index >= 15 is 0 Å². The molecule has 0 unspecified atom stereocenters. The molecule has 0 aliphatic rings. The maximum Gasteiger partial charge on any atom is 0.263 e. The Labute approximate surface area is 136 Å². The van der Waals surface area contributed by atoms with Gasteiger partial charge in [-0.05, 0) is 42.8 Å². The minimum atomic E-state index is -3.70. The lowest BCUT2D eigenvalue weighted by Crippen LogP contribution is -2.16. The molecule has 0 fully saturated rings. The van der Waals surface area contributed by atoms with E-state index in [2.05, 4.69) is 25.6 Å². The van der Waals surface area contributed by atoms with Crippen molar-refractivity contribution in [2.24, 2.45) is 5.73 Å².